The van der Waals surface area contributed by atoms with E-state index in [1.807, 2.05) is 40.7 Å². The lowest BCUT2D eigenvalue weighted by Crippen LogP contribution is -2.33. The number of nitrogens with one attached hydrogen (secondary N) is 1. The minimum Gasteiger partial charge on any atom is -0.481 e. The highest BCUT2D eigenvalue weighted by atomic mass is 35.5. The van der Waals surface area contributed by atoms with Crippen LogP contribution in [0.3, 0.4) is 0 Å². The molecule has 0 aliphatic heterocycles. The van der Waals surface area contributed by atoms with Crippen molar-refractivity contribution in [2.75, 3.05) is 5.32 Å². The molecule has 2 rings (SSSR count). The fourth-order valence-electron chi connectivity index (χ4n) is 2.32. The Bertz CT molecular complexity index is 747. The summed E-state index contributed by atoms with van der Waals surface area (Å²) < 4.78 is 7.57. The smallest absolute Gasteiger partial charge is 0.266 e. The lowest BCUT2D eigenvalue weighted by Gasteiger charge is -2.23. The number of anilines is 1. The van der Waals surface area contributed by atoms with Crippen LogP contribution >= 0.6 is 11.6 Å². The number of hydrogen-bond acceptors (Lipinski definition) is 3. The summed E-state index contributed by atoms with van der Waals surface area (Å²) in [5.74, 6) is 1.07. The summed E-state index contributed by atoms with van der Waals surface area (Å²) in [6.45, 7) is 11.6. The van der Waals surface area contributed by atoms with Crippen LogP contribution in [0.2, 0.25) is 5.02 Å². The van der Waals surface area contributed by atoms with Gasteiger partial charge in [0.05, 0.1) is 11.2 Å². The van der Waals surface area contributed by atoms with Gasteiger partial charge in [-0.2, -0.15) is 5.10 Å². The van der Waals surface area contributed by atoms with E-state index in [1.54, 1.807) is 29.8 Å². The molecule has 1 aromatic heterocycles. The Hall–Kier alpha value is -2.01. The van der Waals surface area contributed by atoms with Crippen LogP contribution in [-0.2, 0) is 10.3 Å². The van der Waals surface area contributed by atoms with Crippen LogP contribution < -0.4 is 10.1 Å². The number of aromatic nitrogens is 2. The topological polar surface area (TPSA) is 56.1 Å². The van der Waals surface area contributed by atoms with Crippen LogP contribution in [0.5, 0.6) is 5.75 Å². The van der Waals surface area contributed by atoms with Gasteiger partial charge in [0, 0.05) is 11.1 Å². The molecule has 2 aromatic rings. The fourth-order valence-corrected chi connectivity index (χ4v) is 2.54. The Balaban J connectivity index is 2.12. The van der Waals surface area contributed by atoms with Crippen molar-refractivity contribution in [1.29, 1.82) is 0 Å². The first-order valence-electron chi connectivity index (χ1n) is 7.89. The van der Waals surface area contributed by atoms with Crippen LogP contribution in [0.4, 0.5) is 5.82 Å². The van der Waals surface area contributed by atoms with Gasteiger partial charge in [-0.25, -0.2) is 4.68 Å². The number of halogens is 1. The van der Waals surface area contributed by atoms with Crippen molar-refractivity contribution < 1.29 is 9.53 Å². The summed E-state index contributed by atoms with van der Waals surface area (Å²) in [6, 6.07) is 7.17. The van der Waals surface area contributed by atoms with Gasteiger partial charge >= 0.3 is 0 Å². The second-order valence-electron chi connectivity index (χ2n) is 6.91. The van der Waals surface area contributed by atoms with E-state index in [2.05, 4.69) is 10.4 Å². The summed E-state index contributed by atoms with van der Waals surface area (Å²) in [7, 11) is 0. The van der Waals surface area contributed by atoms with Crippen LogP contribution in [0.25, 0.3) is 0 Å². The third-order valence-corrected chi connectivity index (χ3v) is 3.76. The van der Waals surface area contributed by atoms with Crippen molar-refractivity contribution in [2.45, 2.75) is 53.2 Å². The maximum Gasteiger partial charge on any atom is 0.266 e. The molecule has 1 aromatic carbocycles. The largest absolute Gasteiger partial charge is 0.481 e. The number of carbonyl (C=O) groups excluding carboxylic acids is 1. The van der Waals surface area contributed by atoms with Crippen molar-refractivity contribution in [3.8, 4) is 5.75 Å². The molecule has 0 radical (unpaired) electrons. The maximum atomic E-state index is 12.5. The SMILES string of the molecule is Cc1cc(NC(=O)C(C)Oc2ccc(Cl)cc2C)n(C(C)(C)C)n1. The normalized spacial score (nSPS) is 12.8. The number of ether oxygens (including phenoxy) is 1. The summed E-state index contributed by atoms with van der Waals surface area (Å²) in [5, 5.41) is 7.99. The first-order valence-corrected chi connectivity index (χ1v) is 8.26. The Kier molecular flexibility index (Phi) is 5.23. The molecule has 0 bridgehead atoms. The van der Waals surface area contributed by atoms with E-state index in [0.717, 1.165) is 11.3 Å². The minimum atomic E-state index is -0.645. The summed E-state index contributed by atoms with van der Waals surface area (Å²) in [5.41, 5.74) is 1.51. The first-order chi connectivity index (χ1) is 11.1. The molecule has 0 aliphatic carbocycles. The molecule has 6 heteroatoms. The first kappa shape index (κ1) is 18.3. The zero-order valence-electron chi connectivity index (χ0n) is 15.0. The van der Waals surface area contributed by atoms with Gasteiger partial charge in [0.1, 0.15) is 11.6 Å². The Labute approximate surface area is 148 Å². The van der Waals surface area contributed by atoms with Crippen molar-refractivity contribution in [2.24, 2.45) is 0 Å². The van der Waals surface area contributed by atoms with E-state index in [1.165, 1.54) is 0 Å². The zero-order valence-corrected chi connectivity index (χ0v) is 15.7. The molecule has 0 saturated heterocycles. The van der Waals surface area contributed by atoms with Gasteiger partial charge in [-0.3, -0.25) is 4.79 Å². The average molecular weight is 350 g/mol. The predicted molar refractivity (Wildman–Crippen MR) is 96.9 cm³/mol. The molecule has 5 nitrogen and oxygen atoms in total. The van der Waals surface area contributed by atoms with Gasteiger partial charge in [-0.15, -0.1) is 0 Å². The molecular weight excluding hydrogens is 326 g/mol. The van der Waals surface area contributed by atoms with Crippen molar-refractivity contribution in [3.05, 3.63) is 40.5 Å². The molecule has 0 aliphatic rings. The Morgan fingerprint density at radius 2 is 1.96 bits per heavy atom. The van der Waals surface area contributed by atoms with E-state index < -0.39 is 6.10 Å². The van der Waals surface area contributed by atoms with Crippen LogP contribution in [0.15, 0.2) is 24.3 Å². The molecule has 24 heavy (non-hydrogen) atoms. The number of carbonyl (C=O) groups is 1. The Morgan fingerprint density at radius 3 is 2.54 bits per heavy atom. The molecule has 0 spiro atoms. The molecule has 1 heterocycles. The van der Waals surface area contributed by atoms with Gasteiger partial charge in [0.25, 0.3) is 5.91 Å². The quantitative estimate of drug-likeness (QED) is 0.894. The van der Waals surface area contributed by atoms with Crippen LogP contribution in [-0.4, -0.2) is 21.8 Å². The summed E-state index contributed by atoms with van der Waals surface area (Å²) >= 11 is 5.94. The number of rotatable bonds is 4. The second kappa shape index (κ2) is 6.85. The number of benzene rings is 1. The lowest BCUT2D eigenvalue weighted by molar-refractivity contribution is -0.122. The molecule has 1 unspecified atom stereocenters. The monoisotopic (exact) mass is 349 g/mol. The van der Waals surface area contributed by atoms with E-state index in [9.17, 15) is 4.79 Å². The maximum absolute atomic E-state index is 12.5. The highest BCUT2D eigenvalue weighted by Gasteiger charge is 2.22. The van der Waals surface area contributed by atoms with E-state index in [4.69, 9.17) is 16.3 Å². The van der Waals surface area contributed by atoms with Gasteiger partial charge in [0.2, 0.25) is 0 Å². The van der Waals surface area contributed by atoms with E-state index in [-0.39, 0.29) is 11.4 Å². The molecular formula is C18H24ClN3O2. The van der Waals surface area contributed by atoms with Crippen LogP contribution in [0.1, 0.15) is 39.0 Å². The van der Waals surface area contributed by atoms with E-state index >= 15 is 0 Å². The van der Waals surface area contributed by atoms with Gasteiger partial charge in [-0.05, 0) is 65.3 Å². The standard InChI is InChI=1S/C18H24ClN3O2/c1-11-9-14(19)7-8-15(11)24-13(3)17(23)20-16-10-12(2)21-22(16)18(4,5)6/h7-10,13H,1-6H3,(H,20,23). The van der Waals surface area contributed by atoms with Gasteiger partial charge in [-0.1, -0.05) is 11.6 Å². The molecule has 1 atom stereocenters. The Morgan fingerprint density at radius 1 is 1.29 bits per heavy atom. The molecule has 130 valence electrons. The number of amides is 1. The third-order valence-electron chi connectivity index (χ3n) is 3.53. The highest BCUT2D eigenvalue weighted by molar-refractivity contribution is 6.30. The molecule has 1 amide bonds. The average Bonchev–Trinajstić information content (AvgIpc) is 2.82. The number of nitrogens with zero attached hydrogens (tertiary/aromatic N) is 2. The number of hydrogen-bond donors (Lipinski definition) is 1. The van der Waals surface area contributed by atoms with Crippen molar-refractivity contribution in [1.82, 2.24) is 9.78 Å². The predicted octanol–water partition coefficient (Wildman–Crippen LogP) is 4.31. The van der Waals surface area contributed by atoms with Crippen molar-refractivity contribution >= 4 is 23.3 Å². The van der Waals surface area contributed by atoms with Gasteiger partial charge in [0.15, 0.2) is 6.10 Å². The minimum absolute atomic E-state index is 0.227. The number of aryl methyl sites for hydroxylation is 2. The van der Waals surface area contributed by atoms with E-state index in [0.29, 0.717) is 16.6 Å². The van der Waals surface area contributed by atoms with Crippen LogP contribution in [0, 0.1) is 13.8 Å². The van der Waals surface area contributed by atoms with Crippen molar-refractivity contribution in [3.63, 3.8) is 0 Å². The molecule has 1 N–H and O–H groups in total. The fraction of sp³-hybridized carbons (Fsp3) is 0.444. The second-order valence-corrected chi connectivity index (χ2v) is 7.35. The highest BCUT2D eigenvalue weighted by Crippen LogP contribution is 2.24. The molecule has 0 fully saturated rings. The van der Waals surface area contributed by atoms with Gasteiger partial charge < -0.3 is 10.1 Å². The lowest BCUT2D eigenvalue weighted by atomic mass is 10.1. The summed E-state index contributed by atoms with van der Waals surface area (Å²) in [6.07, 6.45) is -0.645. The summed E-state index contributed by atoms with van der Waals surface area (Å²) in [4.78, 5) is 12.5. The molecule has 0 saturated carbocycles. The third kappa shape index (κ3) is 4.29. The zero-order chi connectivity index (χ0) is 18.1.